The van der Waals surface area contributed by atoms with E-state index in [1.807, 2.05) is 19.1 Å². The Balaban J connectivity index is 2.09. The Bertz CT molecular complexity index is 564. The second-order valence-corrected chi connectivity index (χ2v) is 6.52. The van der Waals surface area contributed by atoms with Gasteiger partial charge in [0.1, 0.15) is 10.9 Å². The summed E-state index contributed by atoms with van der Waals surface area (Å²) in [6.07, 6.45) is 1.92. The first-order valence-electron chi connectivity index (χ1n) is 7.67. The number of carbonyl (C=O) groups is 2. The maximum Gasteiger partial charge on any atom is 0.329 e. The van der Waals surface area contributed by atoms with Crippen LogP contribution in [0.1, 0.15) is 42.2 Å². The lowest BCUT2D eigenvalue weighted by atomic mass is 9.80. The zero-order valence-electron chi connectivity index (χ0n) is 13.3. The molecule has 1 amide bonds. The van der Waals surface area contributed by atoms with Gasteiger partial charge in [-0.25, -0.2) is 4.79 Å². The third-order valence-electron chi connectivity index (χ3n) is 4.49. The van der Waals surface area contributed by atoms with Crippen LogP contribution in [0, 0.1) is 6.92 Å². The van der Waals surface area contributed by atoms with Crippen molar-refractivity contribution in [3.05, 3.63) is 35.4 Å². The Hall–Kier alpha value is -1.59. The molecule has 0 bridgehead atoms. The first kappa shape index (κ1) is 17.8. The largest absolute Gasteiger partial charge is 0.480 e. The number of halogens is 1. The summed E-state index contributed by atoms with van der Waals surface area (Å²) >= 11 is 6.22. The molecule has 1 aromatic rings. The summed E-state index contributed by atoms with van der Waals surface area (Å²) in [5, 5.41) is 11.3. The number of carbonyl (C=O) groups excluding carboxylic acids is 1. The van der Waals surface area contributed by atoms with E-state index in [1.165, 1.54) is 0 Å². The van der Waals surface area contributed by atoms with E-state index >= 15 is 0 Å². The molecule has 1 atom stereocenters. The number of alkyl halides is 1. The van der Waals surface area contributed by atoms with Crippen LogP contribution in [0.25, 0.3) is 0 Å². The molecule has 2 N–H and O–H groups in total. The maximum atomic E-state index is 12.4. The smallest absolute Gasteiger partial charge is 0.329 e. The third-order valence-corrected chi connectivity index (χ3v) is 4.94. The second-order valence-electron chi connectivity index (χ2n) is 6.08. The van der Waals surface area contributed by atoms with Gasteiger partial charge in [0, 0.05) is 7.11 Å². The minimum Gasteiger partial charge on any atom is -0.480 e. The van der Waals surface area contributed by atoms with Gasteiger partial charge in [-0.3, -0.25) is 4.79 Å². The predicted molar refractivity (Wildman–Crippen MR) is 87.5 cm³/mol. The quantitative estimate of drug-likeness (QED) is 0.809. The molecule has 0 radical (unpaired) electrons. The molecule has 1 unspecified atom stereocenters. The number of aliphatic carboxylic acids is 1. The van der Waals surface area contributed by atoms with Crippen LogP contribution in [0.15, 0.2) is 24.3 Å². The standard InChI is InChI=1S/C17H22ClNO4/c1-11-3-5-12(6-4-11)14(18)15(20)19-17(16(21)22)9-7-13(23-2)8-10-17/h3-6,13-14H,7-10H2,1-2H3,(H,19,20)(H,21,22). The Morgan fingerprint density at radius 2 is 1.87 bits per heavy atom. The number of amides is 1. The normalized spacial score (nSPS) is 25.6. The highest BCUT2D eigenvalue weighted by atomic mass is 35.5. The molecule has 1 aliphatic rings. The predicted octanol–water partition coefficient (Wildman–Crippen LogP) is 2.80. The highest BCUT2D eigenvalue weighted by Gasteiger charge is 2.44. The van der Waals surface area contributed by atoms with E-state index in [0.29, 0.717) is 31.2 Å². The molecule has 1 saturated carbocycles. The van der Waals surface area contributed by atoms with Crippen molar-refractivity contribution in [3.63, 3.8) is 0 Å². The van der Waals surface area contributed by atoms with Crippen molar-refractivity contribution in [1.82, 2.24) is 5.32 Å². The van der Waals surface area contributed by atoms with Gasteiger partial charge < -0.3 is 15.2 Å². The second kappa shape index (κ2) is 7.32. The van der Waals surface area contributed by atoms with Gasteiger partial charge in [0.05, 0.1) is 6.10 Å². The number of aryl methyl sites for hydroxylation is 1. The SMILES string of the molecule is COC1CCC(NC(=O)C(Cl)c2ccc(C)cc2)(C(=O)O)CC1. The summed E-state index contributed by atoms with van der Waals surface area (Å²) in [7, 11) is 1.61. The number of hydrogen-bond donors (Lipinski definition) is 2. The number of benzene rings is 1. The Morgan fingerprint density at radius 1 is 1.30 bits per heavy atom. The van der Waals surface area contributed by atoms with E-state index in [1.54, 1.807) is 19.2 Å². The van der Waals surface area contributed by atoms with Crippen LogP contribution in [0.4, 0.5) is 0 Å². The van der Waals surface area contributed by atoms with E-state index in [9.17, 15) is 14.7 Å². The molecule has 126 valence electrons. The van der Waals surface area contributed by atoms with Crippen molar-refractivity contribution in [2.45, 2.75) is 49.6 Å². The molecular weight excluding hydrogens is 318 g/mol. The zero-order valence-corrected chi connectivity index (χ0v) is 14.1. The third kappa shape index (κ3) is 4.03. The van der Waals surface area contributed by atoms with Crippen molar-refractivity contribution in [3.8, 4) is 0 Å². The molecule has 0 heterocycles. The van der Waals surface area contributed by atoms with Crippen LogP contribution in [-0.2, 0) is 14.3 Å². The molecule has 5 nitrogen and oxygen atoms in total. The van der Waals surface area contributed by atoms with E-state index in [4.69, 9.17) is 16.3 Å². The lowest BCUT2D eigenvalue weighted by molar-refractivity contribution is -0.150. The molecule has 1 aliphatic carbocycles. The first-order chi connectivity index (χ1) is 10.9. The molecule has 1 fully saturated rings. The van der Waals surface area contributed by atoms with Crippen LogP contribution >= 0.6 is 11.6 Å². The topological polar surface area (TPSA) is 75.6 Å². The Labute approximate surface area is 141 Å². The summed E-state index contributed by atoms with van der Waals surface area (Å²) < 4.78 is 5.27. The highest BCUT2D eigenvalue weighted by Crippen LogP contribution is 2.32. The van der Waals surface area contributed by atoms with E-state index in [-0.39, 0.29) is 6.10 Å². The molecule has 0 spiro atoms. The maximum absolute atomic E-state index is 12.4. The Kier molecular flexibility index (Phi) is 5.65. The molecular formula is C17H22ClNO4. The number of methoxy groups -OCH3 is 1. The average Bonchev–Trinajstić information content (AvgIpc) is 2.55. The van der Waals surface area contributed by atoms with Gasteiger partial charge in [0.2, 0.25) is 5.91 Å². The van der Waals surface area contributed by atoms with Crippen LogP contribution < -0.4 is 5.32 Å². The molecule has 0 saturated heterocycles. The lowest BCUT2D eigenvalue weighted by Gasteiger charge is -2.37. The lowest BCUT2D eigenvalue weighted by Crippen LogP contribution is -2.57. The zero-order chi connectivity index (χ0) is 17.0. The van der Waals surface area contributed by atoms with Gasteiger partial charge in [0.25, 0.3) is 0 Å². The van der Waals surface area contributed by atoms with E-state index in [0.717, 1.165) is 5.56 Å². The number of rotatable bonds is 5. The number of carboxylic acid groups (broad SMARTS) is 1. The van der Waals surface area contributed by atoms with E-state index in [2.05, 4.69) is 5.32 Å². The van der Waals surface area contributed by atoms with Crippen molar-refractivity contribution >= 4 is 23.5 Å². The molecule has 1 aromatic carbocycles. The fourth-order valence-corrected chi connectivity index (χ4v) is 3.10. The van der Waals surface area contributed by atoms with Crippen LogP contribution in [0.5, 0.6) is 0 Å². The highest BCUT2D eigenvalue weighted by molar-refractivity contribution is 6.31. The minimum absolute atomic E-state index is 0.0447. The molecule has 23 heavy (non-hydrogen) atoms. The van der Waals surface area contributed by atoms with Gasteiger partial charge in [-0.15, -0.1) is 11.6 Å². The number of carboxylic acids is 1. The van der Waals surface area contributed by atoms with Crippen molar-refractivity contribution in [1.29, 1.82) is 0 Å². The van der Waals surface area contributed by atoms with Crippen LogP contribution in [0.2, 0.25) is 0 Å². The summed E-state index contributed by atoms with van der Waals surface area (Å²) in [6, 6.07) is 7.30. The summed E-state index contributed by atoms with van der Waals surface area (Å²) in [5.74, 6) is -1.50. The van der Waals surface area contributed by atoms with Gasteiger partial charge >= 0.3 is 5.97 Å². The van der Waals surface area contributed by atoms with Gasteiger partial charge in [-0.1, -0.05) is 29.8 Å². The average molecular weight is 340 g/mol. The summed E-state index contributed by atoms with van der Waals surface area (Å²) in [6.45, 7) is 1.95. The van der Waals surface area contributed by atoms with Crippen LogP contribution in [-0.4, -0.2) is 35.7 Å². The molecule has 6 heteroatoms. The fraction of sp³-hybridized carbons (Fsp3) is 0.529. The van der Waals surface area contributed by atoms with Gasteiger partial charge in [-0.05, 0) is 38.2 Å². The van der Waals surface area contributed by atoms with Gasteiger partial charge in [0.15, 0.2) is 0 Å². The van der Waals surface area contributed by atoms with Gasteiger partial charge in [-0.2, -0.15) is 0 Å². The molecule has 2 rings (SSSR count). The van der Waals surface area contributed by atoms with Crippen molar-refractivity contribution in [2.24, 2.45) is 0 Å². The number of nitrogens with one attached hydrogen (secondary N) is 1. The Morgan fingerprint density at radius 3 is 2.35 bits per heavy atom. The summed E-state index contributed by atoms with van der Waals surface area (Å²) in [5.41, 5.74) is 0.461. The fourth-order valence-electron chi connectivity index (χ4n) is 2.90. The molecule has 0 aliphatic heterocycles. The molecule has 0 aromatic heterocycles. The van der Waals surface area contributed by atoms with E-state index < -0.39 is 22.8 Å². The van der Waals surface area contributed by atoms with Crippen molar-refractivity contribution < 1.29 is 19.4 Å². The number of hydrogen-bond acceptors (Lipinski definition) is 3. The summed E-state index contributed by atoms with van der Waals surface area (Å²) in [4.78, 5) is 24.1. The minimum atomic E-state index is -1.26. The van der Waals surface area contributed by atoms with Crippen molar-refractivity contribution in [2.75, 3.05) is 7.11 Å². The first-order valence-corrected chi connectivity index (χ1v) is 8.10. The van der Waals surface area contributed by atoms with Crippen LogP contribution in [0.3, 0.4) is 0 Å². The monoisotopic (exact) mass is 339 g/mol. The number of ether oxygens (including phenoxy) is 1.